The highest BCUT2D eigenvalue weighted by atomic mass is 32.1. The van der Waals surface area contributed by atoms with Crippen LogP contribution in [0.5, 0.6) is 0 Å². The van der Waals surface area contributed by atoms with Crippen molar-refractivity contribution in [2.24, 2.45) is 5.92 Å². The van der Waals surface area contributed by atoms with E-state index in [9.17, 15) is 4.79 Å². The van der Waals surface area contributed by atoms with Crippen LogP contribution in [0.25, 0.3) is 0 Å². The zero-order valence-corrected chi connectivity index (χ0v) is 17.9. The van der Waals surface area contributed by atoms with Crippen molar-refractivity contribution in [1.29, 1.82) is 0 Å². The molecule has 1 saturated heterocycles. The molecule has 1 N–H and O–H groups in total. The van der Waals surface area contributed by atoms with E-state index in [0.717, 1.165) is 69.1 Å². The fourth-order valence-electron chi connectivity index (χ4n) is 3.70. The number of rotatable bonds is 9. The number of hydrogen-bond donors (Lipinski definition) is 1. The number of amides is 1. The van der Waals surface area contributed by atoms with Crippen LogP contribution in [0.4, 0.5) is 5.69 Å². The van der Waals surface area contributed by atoms with E-state index in [-0.39, 0.29) is 11.8 Å². The van der Waals surface area contributed by atoms with Gasteiger partial charge in [-0.15, -0.1) is 11.3 Å². The summed E-state index contributed by atoms with van der Waals surface area (Å²) in [5, 5.41) is 6.41. The third kappa shape index (κ3) is 6.31. The van der Waals surface area contributed by atoms with Gasteiger partial charge >= 0.3 is 0 Å². The molecule has 0 aliphatic carbocycles. The molecule has 152 valence electrons. The minimum atomic E-state index is 0.167. The van der Waals surface area contributed by atoms with Crippen LogP contribution in [0.2, 0.25) is 0 Å². The van der Waals surface area contributed by atoms with Gasteiger partial charge in [0.15, 0.2) is 0 Å². The summed E-state index contributed by atoms with van der Waals surface area (Å²) in [5.41, 5.74) is 2.40. The number of thiazole rings is 1. The number of likely N-dealkylation sites (tertiary alicyclic amines) is 1. The summed E-state index contributed by atoms with van der Waals surface area (Å²) in [6.45, 7) is 6.71. The molecule has 28 heavy (non-hydrogen) atoms. The third-order valence-corrected chi connectivity index (χ3v) is 6.25. The van der Waals surface area contributed by atoms with Crippen molar-refractivity contribution in [2.45, 2.75) is 39.2 Å². The first kappa shape index (κ1) is 20.8. The van der Waals surface area contributed by atoms with Gasteiger partial charge in [0.05, 0.1) is 10.7 Å². The molecule has 1 fully saturated rings. The highest BCUT2D eigenvalue weighted by Gasteiger charge is 2.24. The SMILES string of the molecule is Cc1nc(CN2CCC(C(=O)NCCCCN(C)c3ccccc3)CC2)cs1. The monoisotopic (exact) mass is 400 g/mol. The molecular weight excluding hydrogens is 368 g/mol. The van der Waals surface area contributed by atoms with E-state index in [4.69, 9.17) is 0 Å². The van der Waals surface area contributed by atoms with Crippen LogP contribution in [0.1, 0.15) is 36.4 Å². The number of aryl methyl sites for hydroxylation is 1. The van der Waals surface area contributed by atoms with Crippen molar-refractivity contribution in [3.63, 3.8) is 0 Å². The molecular formula is C22H32N4OS. The molecule has 5 nitrogen and oxygen atoms in total. The van der Waals surface area contributed by atoms with E-state index in [1.807, 2.05) is 13.0 Å². The number of nitrogens with zero attached hydrogens (tertiary/aromatic N) is 3. The zero-order valence-electron chi connectivity index (χ0n) is 17.1. The molecule has 0 unspecified atom stereocenters. The second-order valence-corrected chi connectivity index (χ2v) is 8.73. The van der Waals surface area contributed by atoms with Gasteiger partial charge in [0, 0.05) is 43.7 Å². The van der Waals surface area contributed by atoms with Gasteiger partial charge in [-0.05, 0) is 57.8 Å². The van der Waals surface area contributed by atoms with Gasteiger partial charge in [-0.1, -0.05) is 18.2 Å². The lowest BCUT2D eigenvalue weighted by molar-refractivity contribution is -0.126. The summed E-state index contributed by atoms with van der Waals surface area (Å²) in [4.78, 5) is 21.7. The number of nitrogens with one attached hydrogen (secondary N) is 1. The Hall–Kier alpha value is -1.92. The Morgan fingerprint density at radius 3 is 2.68 bits per heavy atom. The number of hydrogen-bond acceptors (Lipinski definition) is 5. The van der Waals surface area contributed by atoms with Gasteiger partial charge in [0.25, 0.3) is 0 Å². The highest BCUT2D eigenvalue weighted by Crippen LogP contribution is 2.20. The molecule has 3 rings (SSSR count). The lowest BCUT2D eigenvalue weighted by Gasteiger charge is -2.30. The van der Waals surface area contributed by atoms with E-state index < -0.39 is 0 Å². The topological polar surface area (TPSA) is 48.5 Å². The first-order valence-electron chi connectivity index (χ1n) is 10.3. The molecule has 1 aromatic carbocycles. The zero-order chi connectivity index (χ0) is 19.8. The van der Waals surface area contributed by atoms with Crippen LogP contribution >= 0.6 is 11.3 Å². The Labute approximate surface area is 172 Å². The Balaban J connectivity index is 1.27. The van der Waals surface area contributed by atoms with Crippen LogP contribution in [0.15, 0.2) is 35.7 Å². The second-order valence-electron chi connectivity index (χ2n) is 7.66. The second kappa shape index (κ2) is 10.6. The fraction of sp³-hybridized carbons (Fsp3) is 0.545. The van der Waals surface area contributed by atoms with Crippen molar-refractivity contribution >= 4 is 22.9 Å². The molecule has 1 aromatic heterocycles. The van der Waals surface area contributed by atoms with Crippen molar-refractivity contribution in [1.82, 2.24) is 15.2 Å². The maximum absolute atomic E-state index is 12.4. The largest absolute Gasteiger partial charge is 0.375 e. The lowest BCUT2D eigenvalue weighted by atomic mass is 9.96. The van der Waals surface area contributed by atoms with E-state index in [2.05, 4.69) is 56.8 Å². The summed E-state index contributed by atoms with van der Waals surface area (Å²) in [6.07, 6.45) is 4.00. The van der Waals surface area contributed by atoms with Crippen molar-refractivity contribution < 1.29 is 4.79 Å². The molecule has 6 heteroatoms. The maximum atomic E-state index is 12.4. The average Bonchev–Trinajstić information content (AvgIpc) is 3.13. The number of benzene rings is 1. The van der Waals surface area contributed by atoms with Crippen LogP contribution in [0, 0.1) is 12.8 Å². The maximum Gasteiger partial charge on any atom is 0.223 e. The number of aromatic nitrogens is 1. The van der Waals surface area contributed by atoms with E-state index in [1.54, 1.807) is 11.3 Å². The van der Waals surface area contributed by atoms with Crippen molar-refractivity contribution in [2.75, 3.05) is 38.1 Å². The predicted molar refractivity (Wildman–Crippen MR) is 117 cm³/mol. The van der Waals surface area contributed by atoms with Gasteiger partial charge in [-0.25, -0.2) is 4.98 Å². The van der Waals surface area contributed by atoms with Crippen molar-refractivity contribution in [3.8, 4) is 0 Å². The Bertz CT molecular complexity index is 725. The minimum absolute atomic E-state index is 0.167. The number of para-hydroxylation sites is 1. The van der Waals surface area contributed by atoms with Gasteiger partial charge in [0.2, 0.25) is 5.91 Å². The van der Waals surface area contributed by atoms with Crippen molar-refractivity contribution in [3.05, 3.63) is 46.4 Å². The molecule has 0 spiro atoms. The summed E-state index contributed by atoms with van der Waals surface area (Å²) in [7, 11) is 2.12. The first-order valence-corrected chi connectivity index (χ1v) is 11.2. The minimum Gasteiger partial charge on any atom is -0.375 e. The Morgan fingerprint density at radius 2 is 2.00 bits per heavy atom. The number of anilines is 1. The van der Waals surface area contributed by atoms with Gasteiger partial charge in [-0.2, -0.15) is 0 Å². The van der Waals surface area contributed by atoms with Gasteiger partial charge < -0.3 is 10.2 Å². The summed E-state index contributed by atoms with van der Waals surface area (Å²) in [5.74, 6) is 0.404. The van der Waals surface area contributed by atoms with Crippen LogP contribution in [-0.2, 0) is 11.3 Å². The predicted octanol–water partition coefficient (Wildman–Crippen LogP) is 3.70. The highest BCUT2D eigenvalue weighted by molar-refractivity contribution is 7.09. The molecule has 2 aromatic rings. The Kier molecular flexibility index (Phi) is 7.86. The van der Waals surface area contributed by atoms with Gasteiger partial charge in [0.1, 0.15) is 0 Å². The summed E-state index contributed by atoms with van der Waals surface area (Å²) in [6, 6.07) is 10.4. The first-order chi connectivity index (χ1) is 13.6. The van der Waals surface area contributed by atoms with Crippen LogP contribution in [0.3, 0.4) is 0 Å². The van der Waals surface area contributed by atoms with Crippen LogP contribution in [-0.4, -0.2) is 49.0 Å². The smallest absolute Gasteiger partial charge is 0.223 e. The number of piperidine rings is 1. The summed E-state index contributed by atoms with van der Waals surface area (Å²) < 4.78 is 0. The van der Waals surface area contributed by atoms with Gasteiger partial charge in [-0.3, -0.25) is 9.69 Å². The molecule has 1 aliphatic rings. The molecule has 1 amide bonds. The number of carbonyl (C=O) groups is 1. The molecule has 0 radical (unpaired) electrons. The molecule has 2 heterocycles. The van der Waals surface area contributed by atoms with Crippen LogP contribution < -0.4 is 10.2 Å². The fourth-order valence-corrected chi connectivity index (χ4v) is 4.31. The molecule has 0 atom stereocenters. The van der Waals surface area contributed by atoms with E-state index in [0.29, 0.717) is 0 Å². The molecule has 1 aliphatic heterocycles. The number of carbonyl (C=O) groups excluding carboxylic acids is 1. The normalized spacial score (nSPS) is 15.5. The molecule has 0 saturated carbocycles. The van der Waals surface area contributed by atoms with E-state index in [1.165, 1.54) is 5.69 Å². The molecule has 0 bridgehead atoms. The number of unbranched alkanes of at least 4 members (excludes halogenated alkanes) is 1. The average molecular weight is 401 g/mol. The quantitative estimate of drug-likeness (QED) is 0.652. The summed E-state index contributed by atoms with van der Waals surface area (Å²) >= 11 is 1.71. The Morgan fingerprint density at radius 1 is 1.25 bits per heavy atom. The lowest BCUT2D eigenvalue weighted by Crippen LogP contribution is -2.40. The third-order valence-electron chi connectivity index (χ3n) is 5.43. The van der Waals surface area contributed by atoms with E-state index >= 15 is 0 Å². The standard InChI is InChI=1S/C22H32N4OS/c1-18-24-20(17-28-18)16-26-14-10-19(11-15-26)22(27)23-12-6-7-13-25(2)21-8-4-3-5-9-21/h3-5,8-9,17,19H,6-7,10-16H2,1-2H3,(H,23,27).